The standard InChI is InChI=1S/C18H34O4/c1-11(2)14-13(4)15(22-18(8,9)21-14)12(3)10-20-16(19)17(5,6)7/h11-15H,10H2,1-9H3/t12-,13-,14+,15-/m0/s1. The normalized spacial score (nSPS) is 30.2. The molecule has 1 rings (SSSR count). The summed E-state index contributed by atoms with van der Waals surface area (Å²) in [7, 11) is 0. The van der Waals surface area contributed by atoms with Crippen molar-refractivity contribution < 1.29 is 19.0 Å². The molecule has 0 aromatic carbocycles. The van der Waals surface area contributed by atoms with E-state index >= 15 is 0 Å². The Morgan fingerprint density at radius 1 is 1.14 bits per heavy atom. The molecular formula is C18H34O4. The lowest BCUT2D eigenvalue weighted by molar-refractivity contribution is -0.334. The maximum absolute atomic E-state index is 11.9. The lowest BCUT2D eigenvalue weighted by Gasteiger charge is -2.48. The number of esters is 1. The van der Waals surface area contributed by atoms with Crippen molar-refractivity contribution >= 4 is 5.97 Å². The van der Waals surface area contributed by atoms with Gasteiger partial charge in [-0.25, -0.2) is 0 Å². The second-order valence-corrected chi connectivity index (χ2v) is 8.49. The molecule has 1 fully saturated rings. The molecule has 0 aromatic heterocycles. The van der Waals surface area contributed by atoms with Gasteiger partial charge in [0.1, 0.15) is 0 Å². The first kappa shape index (κ1) is 19.4. The Bertz CT molecular complexity index is 381. The van der Waals surface area contributed by atoms with Crippen LogP contribution in [0.5, 0.6) is 0 Å². The van der Waals surface area contributed by atoms with Crippen LogP contribution in [-0.2, 0) is 19.0 Å². The fourth-order valence-electron chi connectivity index (χ4n) is 2.98. The van der Waals surface area contributed by atoms with Crippen LogP contribution in [0, 0.1) is 23.2 Å². The summed E-state index contributed by atoms with van der Waals surface area (Å²) >= 11 is 0. The first-order valence-electron chi connectivity index (χ1n) is 8.38. The molecule has 0 spiro atoms. The number of carbonyl (C=O) groups is 1. The minimum atomic E-state index is -0.603. The third-order valence-corrected chi connectivity index (χ3v) is 4.18. The Hall–Kier alpha value is -0.610. The highest BCUT2D eigenvalue weighted by atomic mass is 16.7. The SMILES string of the molecule is CC(C)[C@H]1OC(C)(C)O[C@@H]([C@@H](C)COC(=O)C(C)(C)C)[C@H]1C. The smallest absolute Gasteiger partial charge is 0.311 e. The summed E-state index contributed by atoms with van der Waals surface area (Å²) in [6, 6.07) is 0. The predicted octanol–water partition coefficient (Wildman–Crippen LogP) is 4.02. The number of hydrogen-bond donors (Lipinski definition) is 0. The zero-order chi connectivity index (χ0) is 17.3. The maximum atomic E-state index is 11.9. The predicted molar refractivity (Wildman–Crippen MR) is 87.4 cm³/mol. The molecule has 0 bridgehead atoms. The van der Waals surface area contributed by atoms with Crippen molar-refractivity contribution in [3.05, 3.63) is 0 Å². The van der Waals surface area contributed by atoms with Crippen molar-refractivity contribution in [3.63, 3.8) is 0 Å². The van der Waals surface area contributed by atoms with Crippen molar-refractivity contribution in [2.24, 2.45) is 23.2 Å². The quantitative estimate of drug-likeness (QED) is 0.735. The van der Waals surface area contributed by atoms with Crippen molar-refractivity contribution in [2.45, 2.75) is 80.3 Å². The van der Waals surface area contributed by atoms with E-state index < -0.39 is 11.2 Å². The summed E-state index contributed by atoms with van der Waals surface area (Å²) in [6.45, 7) is 18.5. The van der Waals surface area contributed by atoms with Crippen LogP contribution in [0.25, 0.3) is 0 Å². The summed E-state index contributed by atoms with van der Waals surface area (Å²) < 4.78 is 17.7. The van der Waals surface area contributed by atoms with Crippen LogP contribution in [0.4, 0.5) is 0 Å². The van der Waals surface area contributed by atoms with E-state index in [-0.39, 0.29) is 30.0 Å². The average Bonchev–Trinajstić information content (AvgIpc) is 2.36. The molecule has 22 heavy (non-hydrogen) atoms. The Kier molecular flexibility index (Phi) is 6.07. The van der Waals surface area contributed by atoms with Crippen LogP contribution < -0.4 is 0 Å². The number of ether oxygens (including phenoxy) is 3. The lowest BCUT2D eigenvalue weighted by Crippen LogP contribution is -2.54. The molecular weight excluding hydrogens is 280 g/mol. The molecule has 1 aliphatic heterocycles. The maximum Gasteiger partial charge on any atom is 0.311 e. The van der Waals surface area contributed by atoms with E-state index in [2.05, 4.69) is 27.7 Å². The molecule has 0 radical (unpaired) electrons. The number of hydrogen-bond acceptors (Lipinski definition) is 4. The summed E-state index contributed by atoms with van der Waals surface area (Å²) in [6.07, 6.45) is 0.165. The van der Waals surface area contributed by atoms with Crippen LogP contribution >= 0.6 is 0 Å². The van der Waals surface area contributed by atoms with Gasteiger partial charge in [0.05, 0.1) is 24.2 Å². The molecule has 1 aliphatic rings. The van der Waals surface area contributed by atoms with Gasteiger partial charge in [0.25, 0.3) is 0 Å². The molecule has 0 saturated carbocycles. The van der Waals surface area contributed by atoms with E-state index in [0.29, 0.717) is 12.5 Å². The van der Waals surface area contributed by atoms with Crippen LogP contribution in [0.1, 0.15) is 62.3 Å². The molecule has 4 nitrogen and oxygen atoms in total. The van der Waals surface area contributed by atoms with Crippen LogP contribution in [-0.4, -0.2) is 30.6 Å². The Labute approximate surface area is 135 Å². The Morgan fingerprint density at radius 2 is 1.64 bits per heavy atom. The molecule has 4 heteroatoms. The fraction of sp³-hybridized carbons (Fsp3) is 0.944. The van der Waals surface area contributed by atoms with Crippen LogP contribution in [0.15, 0.2) is 0 Å². The molecule has 0 amide bonds. The second kappa shape index (κ2) is 6.88. The highest BCUT2D eigenvalue weighted by molar-refractivity contribution is 5.75. The monoisotopic (exact) mass is 314 g/mol. The van der Waals surface area contributed by atoms with Crippen molar-refractivity contribution in [3.8, 4) is 0 Å². The average molecular weight is 314 g/mol. The Morgan fingerprint density at radius 3 is 2.09 bits per heavy atom. The van der Waals surface area contributed by atoms with Gasteiger partial charge in [-0.05, 0) is 40.5 Å². The molecule has 4 atom stereocenters. The van der Waals surface area contributed by atoms with Gasteiger partial charge in [0.2, 0.25) is 0 Å². The van der Waals surface area contributed by atoms with E-state index in [1.165, 1.54) is 0 Å². The second-order valence-electron chi connectivity index (χ2n) is 8.49. The zero-order valence-electron chi connectivity index (χ0n) is 15.7. The molecule has 0 aromatic rings. The van der Waals surface area contributed by atoms with Crippen molar-refractivity contribution in [2.75, 3.05) is 6.61 Å². The van der Waals surface area contributed by atoms with Gasteiger partial charge in [-0.3, -0.25) is 4.79 Å². The van der Waals surface area contributed by atoms with E-state index in [4.69, 9.17) is 14.2 Å². The van der Waals surface area contributed by atoms with Gasteiger partial charge in [-0.2, -0.15) is 0 Å². The fourth-order valence-corrected chi connectivity index (χ4v) is 2.98. The van der Waals surface area contributed by atoms with Gasteiger partial charge >= 0.3 is 5.97 Å². The van der Waals surface area contributed by atoms with Gasteiger partial charge in [-0.1, -0.05) is 27.7 Å². The first-order valence-corrected chi connectivity index (χ1v) is 8.38. The minimum absolute atomic E-state index is 0.0175. The van der Waals surface area contributed by atoms with Gasteiger partial charge in [0.15, 0.2) is 5.79 Å². The molecule has 1 saturated heterocycles. The highest BCUT2D eigenvalue weighted by Crippen LogP contribution is 2.37. The summed E-state index contributed by atoms with van der Waals surface area (Å²) in [5, 5.41) is 0. The summed E-state index contributed by atoms with van der Waals surface area (Å²) in [4.78, 5) is 11.9. The first-order chi connectivity index (χ1) is 9.85. The van der Waals surface area contributed by atoms with Crippen LogP contribution in [0.2, 0.25) is 0 Å². The molecule has 130 valence electrons. The molecule has 0 N–H and O–H groups in total. The zero-order valence-corrected chi connectivity index (χ0v) is 15.7. The van der Waals surface area contributed by atoms with E-state index in [0.717, 1.165) is 0 Å². The molecule has 0 unspecified atom stereocenters. The molecule has 0 aliphatic carbocycles. The highest BCUT2D eigenvalue weighted by Gasteiger charge is 2.44. The number of rotatable bonds is 4. The topological polar surface area (TPSA) is 44.8 Å². The third kappa shape index (κ3) is 4.95. The van der Waals surface area contributed by atoms with Crippen molar-refractivity contribution in [1.29, 1.82) is 0 Å². The van der Waals surface area contributed by atoms with Gasteiger partial charge < -0.3 is 14.2 Å². The largest absolute Gasteiger partial charge is 0.465 e. The Balaban J connectivity index is 2.74. The lowest BCUT2D eigenvalue weighted by atomic mass is 9.83. The van der Waals surface area contributed by atoms with E-state index in [9.17, 15) is 4.79 Å². The van der Waals surface area contributed by atoms with E-state index in [1.807, 2.05) is 34.6 Å². The molecule has 1 heterocycles. The van der Waals surface area contributed by atoms with Crippen LogP contribution in [0.3, 0.4) is 0 Å². The summed E-state index contributed by atoms with van der Waals surface area (Å²) in [5.74, 6) is 0.0415. The summed E-state index contributed by atoms with van der Waals surface area (Å²) in [5.41, 5.74) is -0.471. The number of carbonyl (C=O) groups excluding carboxylic acids is 1. The van der Waals surface area contributed by atoms with Gasteiger partial charge in [0, 0.05) is 11.8 Å². The van der Waals surface area contributed by atoms with E-state index in [1.54, 1.807) is 0 Å². The van der Waals surface area contributed by atoms with Gasteiger partial charge in [-0.15, -0.1) is 0 Å². The minimum Gasteiger partial charge on any atom is -0.465 e. The van der Waals surface area contributed by atoms with Crippen molar-refractivity contribution in [1.82, 2.24) is 0 Å². The third-order valence-electron chi connectivity index (χ3n) is 4.18.